The number of anilines is 1. The minimum Gasteiger partial charge on any atom is -0.477 e. The van der Waals surface area contributed by atoms with Crippen molar-refractivity contribution in [3.8, 4) is 0 Å². The number of fused-ring (bicyclic) bond motifs is 1. The number of aromatic nitrogens is 1. The lowest BCUT2D eigenvalue weighted by atomic mass is 10.0. The van der Waals surface area contributed by atoms with Crippen LogP contribution < -0.4 is 16.8 Å². The van der Waals surface area contributed by atoms with E-state index in [4.69, 9.17) is 25.2 Å². The number of ether oxygens (including phenoxy) is 1. The highest BCUT2D eigenvalue weighted by molar-refractivity contribution is 8.30. The number of nitrogens with zero attached hydrogens (tertiary/aromatic N) is 3. The quantitative estimate of drug-likeness (QED) is 0.157. The molecule has 3 heterocycles. The van der Waals surface area contributed by atoms with Crippen LogP contribution in [-0.4, -0.2) is 86.7 Å². The Kier molecular flexibility index (Phi) is 8.01. The maximum Gasteiger partial charge on any atom is 0.404 e. The van der Waals surface area contributed by atoms with Gasteiger partial charge in [-0.15, -0.1) is 11.3 Å². The number of aliphatic carboxylic acids is 1. The van der Waals surface area contributed by atoms with Crippen LogP contribution in [0.1, 0.15) is 32.4 Å². The number of rotatable bonds is 11. The number of hydrogen-bond acceptors (Lipinski definition) is 12. The number of carboxylic acid groups (broad SMARTS) is 1. The Hall–Kier alpha value is -3.86. The zero-order valence-electron chi connectivity index (χ0n) is 21.1. The van der Waals surface area contributed by atoms with Crippen molar-refractivity contribution in [2.45, 2.75) is 38.1 Å². The molecule has 6 N–H and O–H groups in total. The predicted molar refractivity (Wildman–Crippen MR) is 139 cm³/mol. The van der Waals surface area contributed by atoms with E-state index in [9.17, 15) is 29.1 Å². The number of hydrogen-bond donors (Lipinski definition) is 4. The van der Waals surface area contributed by atoms with Gasteiger partial charge in [0.15, 0.2) is 10.8 Å². The van der Waals surface area contributed by atoms with Crippen LogP contribution in [0.4, 0.5) is 9.93 Å². The van der Waals surface area contributed by atoms with Gasteiger partial charge in [-0.25, -0.2) is 14.6 Å². The Morgan fingerprint density at radius 3 is 2.59 bits per heavy atom. The molecule has 0 spiro atoms. The molecule has 0 aromatic carbocycles. The Morgan fingerprint density at radius 1 is 1.33 bits per heavy atom. The van der Waals surface area contributed by atoms with Crippen LogP contribution >= 0.6 is 21.6 Å². The van der Waals surface area contributed by atoms with Crippen molar-refractivity contribution in [3.05, 3.63) is 22.3 Å². The number of oxime groups is 1. The first kappa shape index (κ1) is 28.2. The summed E-state index contributed by atoms with van der Waals surface area (Å²) in [7, 11) is -2.59. The van der Waals surface area contributed by atoms with Crippen molar-refractivity contribution in [1.29, 1.82) is 0 Å². The number of amides is 3. The molecule has 1 saturated carbocycles. The molecule has 2 aliphatic heterocycles. The van der Waals surface area contributed by atoms with Crippen LogP contribution in [0.15, 0.2) is 21.8 Å². The summed E-state index contributed by atoms with van der Waals surface area (Å²) < 4.78 is 10.6. The molecule has 3 atom stereocenters. The summed E-state index contributed by atoms with van der Waals surface area (Å²) in [6.45, 7) is 2.70. The van der Waals surface area contributed by atoms with E-state index in [1.165, 1.54) is 12.3 Å². The van der Waals surface area contributed by atoms with Crippen LogP contribution in [0.5, 0.6) is 0 Å². The van der Waals surface area contributed by atoms with E-state index in [1.807, 2.05) is 0 Å². The summed E-state index contributed by atoms with van der Waals surface area (Å²) in [5, 5.41) is 17.2. The molecule has 15 nitrogen and oxygen atoms in total. The van der Waals surface area contributed by atoms with Gasteiger partial charge in [0.05, 0.1) is 0 Å². The van der Waals surface area contributed by atoms with Crippen molar-refractivity contribution < 1.29 is 42.8 Å². The monoisotopic (exact) mass is 584 g/mol. The first-order chi connectivity index (χ1) is 18.5. The number of primary amides is 1. The van der Waals surface area contributed by atoms with Gasteiger partial charge >= 0.3 is 18.0 Å². The van der Waals surface area contributed by atoms with E-state index < -0.39 is 63.9 Å². The Bertz CT molecular complexity index is 1280. The predicted octanol–water partition coefficient (Wildman–Crippen LogP) is 0.259. The van der Waals surface area contributed by atoms with E-state index in [0.717, 1.165) is 29.1 Å². The van der Waals surface area contributed by atoms with Crippen molar-refractivity contribution in [1.82, 2.24) is 15.2 Å². The number of β-lactam (4-membered cyclic amide) rings is 1. The van der Waals surface area contributed by atoms with Crippen LogP contribution in [-0.2, 0) is 32.9 Å². The fraction of sp³-hybridized carbons (Fsp3) is 0.500. The Labute approximate surface area is 228 Å². The second-order valence-corrected chi connectivity index (χ2v) is 13.2. The van der Waals surface area contributed by atoms with Crippen LogP contribution in [0.3, 0.4) is 0 Å². The van der Waals surface area contributed by atoms with Crippen LogP contribution in [0, 0.1) is 5.92 Å². The number of carbonyl (C=O) groups excluding carboxylic acids is 4. The molecule has 17 heteroatoms. The van der Waals surface area contributed by atoms with Crippen molar-refractivity contribution >= 4 is 62.3 Å². The van der Waals surface area contributed by atoms with Gasteiger partial charge in [-0.05, 0) is 18.8 Å². The minimum atomic E-state index is -2.59. The zero-order valence-corrected chi connectivity index (χ0v) is 22.7. The molecule has 1 saturated heterocycles. The molecule has 1 aromatic heterocycles. The van der Waals surface area contributed by atoms with Gasteiger partial charge < -0.3 is 35.6 Å². The SMILES string of the molecule is CCS1(OC(C)=O)CC(COC(N)=O)=C(C(=O)O)N2C(=O)[C@@H](NC(=O)/C(=N\OCC3CC3)c3csc(N)n3)[C@H]21. The average Bonchev–Trinajstić information content (AvgIpc) is 3.60. The zero-order chi connectivity index (χ0) is 28.5. The number of nitrogen functional groups attached to an aromatic ring is 1. The van der Waals surface area contributed by atoms with Gasteiger partial charge in [0, 0.05) is 29.4 Å². The summed E-state index contributed by atoms with van der Waals surface area (Å²) in [6.07, 6.45) is 0.856. The van der Waals surface area contributed by atoms with E-state index in [1.54, 1.807) is 6.92 Å². The van der Waals surface area contributed by atoms with Crippen molar-refractivity contribution in [2.75, 3.05) is 30.5 Å². The highest BCUT2D eigenvalue weighted by Crippen LogP contribution is 2.63. The molecule has 3 aliphatic rings. The van der Waals surface area contributed by atoms with Gasteiger partial charge in [-0.2, -0.15) is 0 Å². The highest BCUT2D eigenvalue weighted by atomic mass is 32.3. The van der Waals surface area contributed by atoms with E-state index >= 15 is 0 Å². The summed E-state index contributed by atoms with van der Waals surface area (Å²) in [6, 6.07) is -1.25. The van der Waals surface area contributed by atoms with Gasteiger partial charge in [-0.1, -0.05) is 22.4 Å². The molecular weight excluding hydrogens is 556 g/mol. The fourth-order valence-electron chi connectivity index (χ4n) is 4.36. The summed E-state index contributed by atoms with van der Waals surface area (Å²) >= 11 is 1.09. The standard InChI is InChI=1S/C22H28N6O9S2/c1-3-39(37-10(2)29)9-12(7-35-22(24)34)16(20(32)33)28-18(31)15(19(28)39)26-17(30)14(13-8-38-21(23)25-13)27-36-6-11-4-5-11/h8,11,15,19H,3-7,9H2,1-2H3,(H2,23,25)(H2,24,34)(H,26,30)(H,32,33)/b27-14-/t15-,19-/m1/s1. The summed E-state index contributed by atoms with van der Waals surface area (Å²) in [5.74, 6) is -3.20. The van der Waals surface area contributed by atoms with Crippen molar-refractivity contribution in [3.63, 3.8) is 0 Å². The van der Waals surface area contributed by atoms with Gasteiger partial charge in [0.1, 0.15) is 36.0 Å². The lowest BCUT2D eigenvalue weighted by Crippen LogP contribution is -2.74. The maximum absolute atomic E-state index is 13.4. The largest absolute Gasteiger partial charge is 0.477 e. The Morgan fingerprint density at radius 2 is 2.05 bits per heavy atom. The molecule has 2 fully saturated rings. The molecule has 3 amide bonds. The maximum atomic E-state index is 13.4. The second kappa shape index (κ2) is 11.1. The number of nitrogens with one attached hydrogen (secondary N) is 1. The van der Waals surface area contributed by atoms with Crippen LogP contribution in [0.2, 0.25) is 0 Å². The summed E-state index contributed by atoms with van der Waals surface area (Å²) in [5.41, 5.74) is 10.3. The third kappa shape index (κ3) is 5.78. The van der Waals surface area contributed by atoms with E-state index in [-0.39, 0.29) is 33.6 Å². The molecule has 4 rings (SSSR count). The lowest BCUT2D eigenvalue weighted by molar-refractivity contribution is -0.151. The third-order valence-electron chi connectivity index (χ3n) is 6.27. The van der Waals surface area contributed by atoms with Gasteiger partial charge in [0.25, 0.3) is 11.8 Å². The fourth-order valence-corrected chi connectivity index (χ4v) is 8.45. The Balaban J connectivity index is 1.67. The number of carbonyl (C=O) groups is 5. The normalized spacial score (nSPS) is 26.1. The van der Waals surface area contributed by atoms with Crippen molar-refractivity contribution in [2.24, 2.45) is 16.8 Å². The van der Waals surface area contributed by atoms with E-state index in [2.05, 4.69) is 15.5 Å². The van der Waals surface area contributed by atoms with E-state index in [0.29, 0.717) is 12.5 Å². The molecule has 0 radical (unpaired) electrons. The molecule has 1 aliphatic carbocycles. The average molecular weight is 585 g/mol. The first-order valence-corrected chi connectivity index (χ1v) is 14.7. The number of thiazole rings is 1. The third-order valence-corrected chi connectivity index (χ3v) is 10.7. The van der Waals surface area contributed by atoms with Gasteiger partial charge in [-0.3, -0.25) is 19.3 Å². The minimum absolute atomic E-state index is 0.0578. The molecule has 0 bridgehead atoms. The molecule has 39 heavy (non-hydrogen) atoms. The van der Waals surface area contributed by atoms with Crippen LogP contribution in [0.25, 0.3) is 0 Å². The molecule has 1 unspecified atom stereocenters. The topological polar surface area (TPSA) is 226 Å². The smallest absolute Gasteiger partial charge is 0.404 e. The molecule has 212 valence electrons. The number of nitrogens with two attached hydrogens (primary N) is 2. The highest BCUT2D eigenvalue weighted by Gasteiger charge is 2.63. The first-order valence-electron chi connectivity index (χ1n) is 11.9. The summed E-state index contributed by atoms with van der Waals surface area (Å²) in [4.78, 5) is 72.7. The molecule has 1 aromatic rings. The second-order valence-electron chi connectivity index (χ2n) is 9.04. The number of carboxylic acids is 1. The molecular formula is C22H28N6O9S2. The lowest BCUT2D eigenvalue weighted by Gasteiger charge is -2.60. The van der Waals surface area contributed by atoms with Gasteiger partial charge in [0.2, 0.25) is 0 Å².